The molecule has 9 nitrogen and oxygen atoms in total. The van der Waals surface area contributed by atoms with Crippen molar-refractivity contribution >= 4 is 23.8 Å². The van der Waals surface area contributed by atoms with Crippen LogP contribution in [0.4, 0.5) is 4.79 Å². The van der Waals surface area contributed by atoms with Gasteiger partial charge in [0, 0.05) is 50.9 Å². The van der Waals surface area contributed by atoms with Crippen molar-refractivity contribution in [2.75, 3.05) is 39.9 Å². The van der Waals surface area contributed by atoms with E-state index in [-0.39, 0.29) is 48.4 Å². The third-order valence-electron chi connectivity index (χ3n) is 8.15. The molecule has 2 atom stereocenters. The van der Waals surface area contributed by atoms with Crippen LogP contribution >= 0.6 is 0 Å². The largest absolute Gasteiger partial charge is 0.494 e. The van der Waals surface area contributed by atoms with Gasteiger partial charge in [-0.1, -0.05) is 19.1 Å². The lowest BCUT2D eigenvalue weighted by Gasteiger charge is -2.35. The summed E-state index contributed by atoms with van der Waals surface area (Å²) >= 11 is 0. The van der Waals surface area contributed by atoms with Gasteiger partial charge in [-0.3, -0.25) is 14.4 Å². The Kier molecular flexibility index (Phi) is 12.7. The number of piperidine rings is 2. The van der Waals surface area contributed by atoms with Gasteiger partial charge in [-0.15, -0.1) is 0 Å². The zero-order chi connectivity index (χ0) is 30.7. The first-order valence-corrected chi connectivity index (χ1v) is 15.6. The summed E-state index contributed by atoms with van der Waals surface area (Å²) in [7, 11) is 1.36. The summed E-state index contributed by atoms with van der Waals surface area (Å²) in [5.74, 6) is 0.384. The average molecular weight is 587 g/mol. The van der Waals surface area contributed by atoms with Crippen molar-refractivity contribution in [2.45, 2.75) is 97.0 Å². The van der Waals surface area contributed by atoms with Crippen LogP contribution in [0.2, 0.25) is 0 Å². The topological polar surface area (TPSA) is 102 Å². The number of likely N-dealkylation sites (tertiary alicyclic amines) is 2. The molecule has 0 aromatic heterocycles. The van der Waals surface area contributed by atoms with Gasteiger partial charge in [0.1, 0.15) is 17.1 Å². The predicted octanol–water partition coefficient (Wildman–Crippen LogP) is 5.75. The molecule has 2 aliphatic heterocycles. The molecule has 0 saturated carbocycles. The number of Topliss-reactive ketones (excluding diaryl/α,β-unsaturated/α-hetero) is 1. The summed E-state index contributed by atoms with van der Waals surface area (Å²) in [6.45, 7) is 10.6. The molecule has 9 heteroatoms. The number of amides is 2. The molecule has 2 heterocycles. The Balaban J connectivity index is 1.51. The van der Waals surface area contributed by atoms with Crippen molar-refractivity contribution in [1.82, 2.24) is 9.80 Å². The van der Waals surface area contributed by atoms with E-state index < -0.39 is 5.60 Å². The summed E-state index contributed by atoms with van der Waals surface area (Å²) in [6.07, 6.45) is 5.44. The molecule has 1 aromatic carbocycles. The highest BCUT2D eigenvalue weighted by Gasteiger charge is 2.32. The third-order valence-corrected chi connectivity index (χ3v) is 8.15. The van der Waals surface area contributed by atoms with Crippen molar-refractivity contribution < 1.29 is 33.4 Å². The number of nitrogens with zero attached hydrogens (tertiary/aromatic N) is 2. The van der Waals surface area contributed by atoms with E-state index in [2.05, 4.69) is 0 Å². The lowest BCUT2D eigenvalue weighted by atomic mass is 9.84. The monoisotopic (exact) mass is 586 g/mol. The Morgan fingerprint density at radius 1 is 1.00 bits per heavy atom. The molecule has 0 spiro atoms. The minimum absolute atomic E-state index is 0.0794. The number of hydrogen-bond donors (Lipinski definition) is 0. The Morgan fingerprint density at radius 3 is 2.40 bits per heavy atom. The van der Waals surface area contributed by atoms with Gasteiger partial charge in [-0.25, -0.2) is 4.79 Å². The molecule has 0 bridgehead atoms. The molecule has 234 valence electrons. The maximum absolute atomic E-state index is 13.5. The quantitative estimate of drug-likeness (QED) is 0.288. The second-order valence-electron chi connectivity index (χ2n) is 12.7. The number of esters is 1. The average Bonchev–Trinajstić information content (AvgIpc) is 2.97. The van der Waals surface area contributed by atoms with Gasteiger partial charge >= 0.3 is 12.1 Å². The molecule has 42 heavy (non-hydrogen) atoms. The van der Waals surface area contributed by atoms with Gasteiger partial charge < -0.3 is 24.0 Å². The van der Waals surface area contributed by atoms with E-state index >= 15 is 0 Å². The highest BCUT2D eigenvalue weighted by molar-refractivity contribution is 5.84. The molecule has 2 fully saturated rings. The predicted molar refractivity (Wildman–Crippen MR) is 160 cm³/mol. The fourth-order valence-corrected chi connectivity index (χ4v) is 5.76. The summed E-state index contributed by atoms with van der Waals surface area (Å²) in [5, 5.41) is 0. The van der Waals surface area contributed by atoms with Gasteiger partial charge in [-0.05, 0) is 82.9 Å². The zero-order valence-electron chi connectivity index (χ0n) is 26.2. The standard InChI is InChI=1S/C33H50N2O7/c1-6-19-41-28-11-7-9-25(20-28)27(22-31(38)40-5)21-29(36)26-10-8-16-35(23-26)30(37)13-12-24-14-17-34(18-15-24)32(39)42-33(2,3)4/h7,9,11,20,24,26-27H,6,8,10,12-19,21-23H2,1-5H3/t26-,27?/m1/s1. The van der Waals surface area contributed by atoms with Crippen molar-refractivity contribution in [3.05, 3.63) is 29.8 Å². The second-order valence-corrected chi connectivity index (χ2v) is 12.7. The molecule has 3 rings (SSSR count). The van der Waals surface area contributed by atoms with Gasteiger partial charge in [0.05, 0.1) is 20.1 Å². The van der Waals surface area contributed by atoms with Crippen LogP contribution in [0.1, 0.15) is 97.0 Å². The molecule has 1 unspecified atom stereocenters. The number of hydrogen-bond acceptors (Lipinski definition) is 7. The molecular weight excluding hydrogens is 536 g/mol. The molecule has 1 aromatic rings. The van der Waals surface area contributed by atoms with Crippen molar-refractivity contribution in [1.29, 1.82) is 0 Å². The first-order valence-electron chi connectivity index (χ1n) is 15.6. The maximum atomic E-state index is 13.5. The van der Waals surface area contributed by atoms with Crippen LogP contribution in [0, 0.1) is 11.8 Å². The van der Waals surface area contributed by atoms with Crippen LogP contribution in [0.3, 0.4) is 0 Å². The van der Waals surface area contributed by atoms with Gasteiger partial charge in [0.2, 0.25) is 5.91 Å². The normalized spacial score (nSPS) is 18.7. The van der Waals surface area contributed by atoms with Crippen LogP contribution in [0.5, 0.6) is 5.75 Å². The first kappa shape index (κ1) is 33.4. The Hall–Kier alpha value is -3.10. The lowest BCUT2D eigenvalue weighted by molar-refractivity contribution is -0.141. The molecule has 0 N–H and O–H groups in total. The molecule has 2 amide bonds. The Morgan fingerprint density at radius 2 is 1.74 bits per heavy atom. The first-order chi connectivity index (χ1) is 20.0. The zero-order valence-corrected chi connectivity index (χ0v) is 26.2. The van der Waals surface area contributed by atoms with E-state index in [9.17, 15) is 19.2 Å². The molecular formula is C33H50N2O7. The molecule has 0 aliphatic carbocycles. The van der Waals surface area contributed by atoms with Crippen LogP contribution in [0.15, 0.2) is 24.3 Å². The number of rotatable bonds is 12. The lowest BCUT2D eigenvalue weighted by Crippen LogP contribution is -2.43. The van der Waals surface area contributed by atoms with Crippen molar-refractivity contribution in [3.63, 3.8) is 0 Å². The van der Waals surface area contributed by atoms with Crippen LogP contribution < -0.4 is 4.74 Å². The van der Waals surface area contributed by atoms with E-state index in [4.69, 9.17) is 14.2 Å². The van der Waals surface area contributed by atoms with Crippen LogP contribution in [0.25, 0.3) is 0 Å². The molecule has 0 radical (unpaired) electrons. The fourth-order valence-electron chi connectivity index (χ4n) is 5.76. The van der Waals surface area contributed by atoms with Gasteiger partial charge in [-0.2, -0.15) is 0 Å². The SMILES string of the molecule is CCCOc1cccc(C(CC(=O)OC)CC(=O)[C@@H]2CCCN(C(=O)CCC3CCN(C(=O)OC(C)(C)C)CC3)C2)c1. The van der Waals surface area contributed by atoms with E-state index in [1.807, 2.05) is 56.9 Å². The van der Waals surface area contributed by atoms with Crippen molar-refractivity contribution in [3.8, 4) is 5.75 Å². The van der Waals surface area contributed by atoms with Crippen LogP contribution in [-0.2, 0) is 23.9 Å². The highest BCUT2D eigenvalue weighted by atomic mass is 16.6. The van der Waals surface area contributed by atoms with E-state index in [1.165, 1.54) is 7.11 Å². The summed E-state index contributed by atoms with van der Waals surface area (Å²) in [5.41, 5.74) is 0.369. The number of carbonyl (C=O) groups excluding carboxylic acids is 4. The van der Waals surface area contributed by atoms with E-state index in [1.54, 1.807) is 4.90 Å². The smallest absolute Gasteiger partial charge is 0.410 e. The summed E-state index contributed by atoms with van der Waals surface area (Å²) in [4.78, 5) is 54.8. The van der Waals surface area contributed by atoms with Crippen LogP contribution in [-0.4, -0.2) is 79.0 Å². The number of methoxy groups -OCH3 is 1. The Bertz CT molecular complexity index is 1060. The number of ketones is 1. The van der Waals surface area contributed by atoms with Gasteiger partial charge in [0.15, 0.2) is 0 Å². The number of ether oxygens (including phenoxy) is 3. The minimum Gasteiger partial charge on any atom is -0.494 e. The summed E-state index contributed by atoms with van der Waals surface area (Å²) < 4.78 is 16.2. The number of benzene rings is 1. The molecule has 2 aliphatic rings. The van der Waals surface area contributed by atoms with Gasteiger partial charge in [0.25, 0.3) is 0 Å². The highest BCUT2D eigenvalue weighted by Crippen LogP contribution is 2.31. The number of carbonyl (C=O) groups is 4. The van der Waals surface area contributed by atoms with E-state index in [0.29, 0.717) is 45.1 Å². The molecule has 2 saturated heterocycles. The minimum atomic E-state index is -0.509. The van der Waals surface area contributed by atoms with Crippen molar-refractivity contribution in [2.24, 2.45) is 11.8 Å². The maximum Gasteiger partial charge on any atom is 0.410 e. The fraction of sp³-hybridized carbons (Fsp3) is 0.697. The second kappa shape index (κ2) is 15.9. The Labute approximate surface area is 251 Å². The third kappa shape index (κ3) is 10.6. The summed E-state index contributed by atoms with van der Waals surface area (Å²) in [6, 6.07) is 7.60. The van der Waals surface area contributed by atoms with E-state index in [0.717, 1.165) is 49.8 Å².